The first-order chi connectivity index (χ1) is 10.1. The highest BCUT2D eigenvalue weighted by Crippen LogP contribution is 2.24. The van der Waals surface area contributed by atoms with Crippen LogP contribution in [0.15, 0.2) is 24.5 Å². The van der Waals surface area contributed by atoms with Gasteiger partial charge in [0, 0.05) is 37.9 Å². The van der Waals surface area contributed by atoms with E-state index < -0.39 is 0 Å². The zero-order chi connectivity index (χ0) is 15.1. The van der Waals surface area contributed by atoms with Crippen LogP contribution in [0.1, 0.15) is 17.9 Å². The number of ether oxygens (including phenoxy) is 1. The lowest BCUT2D eigenvalue weighted by Crippen LogP contribution is -2.25. The van der Waals surface area contributed by atoms with Gasteiger partial charge in [-0.3, -0.25) is 9.48 Å². The number of carbonyl (C=O) groups is 1. The second-order valence-electron chi connectivity index (χ2n) is 5.55. The SMILES string of the molecule is CN(C)C/C=C/C(=O)NCCn1cc(C2CCOC2)cn1. The van der Waals surface area contributed by atoms with Crippen LogP contribution in [0.5, 0.6) is 0 Å². The molecule has 1 amide bonds. The molecule has 1 aliphatic heterocycles. The van der Waals surface area contributed by atoms with E-state index in [1.807, 2.05) is 42.1 Å². The third kappa shape index (κ3) is 5.32. The normalized spacial score (nSPS) is 18.7. The topological polar surface area (TPSA) is 59.4 Å². The minimum atomic E-state index is -0.0616. The summed E-state index contributed by atoms with van der Waals surface area (Å²) < 4.78 is 7.26. The van der Waals surface area contributed by atoms with Crippen LogP contribution >= 0.6 is 0 Å². The van der Waals surface area contributed by atoms with Crippen molar-refractivity contribution in [2.75, 3.05) is 40.4 Å². The fourth-order valence-electron chi connectivity index (χ4n) is 2.23. The van der Waals surface area contributed by atoms with Gasteiger partial charge < -0.3 is 15.0 Å². The molecule has 0 radical (unpaired) electrons. The molecule has 0 bridgehead atoms. The van der Waals surface area contributed by atoms with E-state index in [4.69, 9.17) is 4.74 Å². The molecule has 1 unspecified atom stereocenters. The minimum absolute atomic E-state index is 0.0616. The van der Waals surface area contributed by atoms with Gasteiger partial charge in [-0.2, -0.15) is 5.10 Å². The zero-order valence-electron chi connectivity index (χ0n) is 12.8. The molecule has 1 aromatic heterocycles. The molecule has 0 aliphatic carbocycles. The second-order valence-corrected chi connectivity index (χ2v) is 5.55. The van der Waals surface area contributed by atoms with Crippen LogP contribution in [0.4, 0.5) is 0 Å². The van der Waals surface area contributed by atoms with Gasteiger partial charge in [0.25, 0.3) is 0 Å². The Morgan fingerprint density at radius 2 is 2.48 bits per heavy atom. The molecule has 21 heavy (non-hydrogen) atoms. The Labute approximate surface area is 125 Å². The van der Waals surface area contributed by atoms with Crippen molar-refractivity contribution in [1.29, 1.82) is 0 Å². The van der Waals surface area contributed by atoms with Gasteiger partial charge in [0.05, 0.1) is 19.3 Å². The van der Waals surface area contributed by atoms with Gasteiger partial charge in [-0.25, -0.2) is 0 Å². The highest BCUT2D eigenvalue weighted by atomic mass is 16.5. The summed E-state index contributed by atoms with van der Waals surface area (Å²) in [5, 5.41) is 7.18. The third-order valence-corrected chi connectivity index (χ3v) is 3.43. The Morgan fingerprint density at radius 1 is 1.62 bits per heavy atom. The van der Waals surface area contributed by atoms with Crippen molar-refractivity contribution in [1.82, 2.24) is 20.0 Å². The van der Waals surface area contributed by atoms with Crippen molar-refractivity contribution in [3.8, 4) is 0 Å². The van der Waals surface area contributed by atoms with Crippen LogP contribution in [-0.2, 0) is 16.1 Å². The maximum Gasteiger partial charge on any atom is 0.243 e. The van der Waals surface area contributed by atoms with Gasteiger partial charge in [0.2, 0.25) is 5.91 Å². The Kier molecular flexibility index (Phi) is 5.95. The maximum atomic E-state index is 11.6. The predicted molar refractivity (Wildman–Crippen MR) is 81.1 cm³/mol. The van der Waals surface area contributed by atoms with E-state index in [1.165, 1.54) is 5.56 Å². The summed E-state index contributed by atoms with van der Waals surface area (Å²) >= 11 is 0. The van der Waals surface area contributed by atoms with Crippen LogP contribution in [-0.4, -0.2) is 61.0 Å². The van der Waals surface area contributed by atoms with Crippen LogP contribution in [0.3, 0.4) is 0 Å². The van der Waals surface area contributed by atoms with E-state index >= 15 is 0 Å². The Balaban J connectivity index is 1.68. The largest absolute Gasteiger partial charge is 0.381 e. The van der Waals surface area contributed by atoms with Crippen molar-refractivity contribution in [2.24, 2.45) is 0 Å². The summed E-state index contributed by atoms with van der Waals surface area (Å²) in [6.45, 7) is 3.65. The summed E-state index contributed by atoms with van der Waals surface area (Å²) in [5.74, 6) is 0.413. The number of rotatable bonds is 7. The molecular formula is C15H24N4O2. The van der Waals surface area contributed by atoms with Crippen LogP contribution in [0.25, 0.3) is 0 Å². The Morgan fingerprint density at radius 3 is 3.19 bits per heavy atom. The van der Waals surface area contributed by atoms with E-state index in [-0.39, 0.29) is 5.91 Å². The number of nitrogens with one attached hydrogen (secondary N) is 1. The maximum absolute atomic E-state index is 11.6. The molecule has 6 nitrogen and oxygen atoms in total. The summed E-state index contributed by atoms with van der Waals surface area (Å²) in [7, 11) is 3.93. The number of nitrogens with zero attached hydrogens (tertiary/aromatic N) is 3. The summed E-state index contributed by atoms with van der Waals surface area (Å²) in [6, 6.07) is 0. The quantitative estimate of drug-likeness (QED) is 0.749. The van der Waals surface area contributed by atoms with Gasteiger partial charge >= 0.3 is 0 Å². The smallest absolute Gasteiger partial charge is 0.243 e. The van der Waals surface area contributed by atoms with Crippen molar-refractivity contribution < 1.29 is 9.53 Å². The molecule has 0 saturated carbocycles. The van der Waals surface area contributed by atoms with E-state index in [9.17, 15) is 4.79 Å². The molecule has 2 rings (SSSR count). The molecule has 1 aliphatic rings. The predicted octanol–water partition coefficient (Wildman–Crippen LogP) is 0.621. The highest BCUT2D eigenvalue weighted by molar-refractivity contribution is 5.87. The minimum Gasteiger partial charge on any atom is -0.381 e. The standard InChI is InChI=1S/C15H24N4O2/c1-18(2)7-3-4-15(20)16-6-8-19-11-14(10-17-19)13-5-9-21-12-13/h3-4,10-11,13H,5-9,12H2,1-2H3,(H,16,20)/b4-3+. The van der Waals surface area contributed by atoms with Crippen LogP contribution in [0, 0.1) is 0 Å². The molecule has 2 heterocycles. The monoisotopic (exact) mass is 292 g/mol. The Bertz CT molecular complexity index is 476. The van der Waals surface area contributed by atoms with Crippen LogP contribution in [0.2, 0.25) is 0 Å². The lowest BCUT2D eigenvalue weighted by Gasteiger charge is -2.05. The molecule has 1 fully saturated rings. The van der Waals surface area contributed by atoms with E-state index in [1.54, 1.807) is 6.08 Å². The fraction of sp³-hybridized carbons (Fsp3) is 0.600. The van der Waals surface area contributed by atoms with Gasteiger partial charge in [-0.1, -0.05) is 6.08 Å². The summed E-state index contributed by atoms with van der Waals surface area (Å²) in [6.07, 6.45) is 8.44. The molecule has 0 aromatic carbocycles. The fourth-order valence-corrected chi connectivity index (χ4v) is 2.23. The molecule has 1 saturated heterocycles. The number of likely N-dealkylation sites (N-methyl/N-ethyl adjacent to an activating group) is 1. The molecule has 1 aromatic rings. The molecule has 0 spiro atoms. The number of hydrogen-bond donors (Lipinski definition) is 1. The van der Waals surface area contributed by atoms with E-state index in [0.717, 1.165) is 26.2 Å². The number of carbonyl (C=O) groups excluding carboxylic acids is 1. The summed E-state index contributed by atoms with van der Waals surface area (Å²) in [4.78, 5) is 13.6. The van der Waals surface area contributed by atoms with Crippen LogP contribution < -0.4 is 5.32 Å². The summed E-state index contributed by atoms with van der Waals surface area (Å²) in [5.41, 5.74) is 1.23. The molecule has 1 N–H and O–H groups in total. The van der Waals surface area contributed by atoms with Gasteiger partial charge in [0.1, 0.15) is 0 Å². The number of aromatic nitrogens is 2. The first-order valence-corrected chi connectivity index (χ1v) is 7.34. The second kappa shape index (κ2) is 7.95. The number of hydrogen-bond acceptors (Lipinski definition) is 4. The molecular weight excluding hydrogens is 268 g/mol. The van der Waals surface area contributed by atoms with Gasteiger partial charge in [-0.15, -0.1) is 0 Å². The van der Waals surface area contributed by atoms with Gasteiger partial charge in [0.15, 0.2) is 0 Å². The lowest BCUT2D eigenvalue weighted by atomic mass is 10.0. The lowest BCUT2D eigenvalue weighted by molar-refractivity contribution is -0.116. The molecule has 116 valence electrons. The Hall–Kier alpha value is -1.66. The average molecular weight is 292 g/mol. The van der Waals surface area contributed by atoms with E-state index in [0.29, 0.717) is 19.0 Å². The number of amides is 1. The third-order valence-electron chi connectivity index (χ3n) is 3.43. The van der Waals surface area contributed by atoms with E-state index in [2.05, 4.69) is 10.4 Å². The average Bonchev–Trinajstić information content (AvgIpc) is 3.08. The zero-order valence-corrected chi connectivity index (χ0v) is 12.8. The first-order valence-electron chi connectivity index (χ1n) is 7.34. The van der Waals surface area contributed by atoms with Crippen molar-refractivity contribution >= 4 is 5.91 Å². The molecule has 1 atom stereocenters. The first kappa shape index (κ1) is 15.7. The van der Waals surface area contributed by atoms with Crippen molar-refractivity contribution in [2.45, 2.75) is 18.9 Å². The van der Waals surface area contributed by atoms with Crippen molar-refractivity contribution in [3.05, 3.63) is 30.1 Å². The molecule has 6 heteroatoms. The van der Waals surface area contributed by atoms with Gasteiger partial charge in [-0.05, 0) is 26.1 Å². The highest BCUT2D eigenvalue weighted by Gasteiger charge is 2.18. The van der Waals surface area contributed by atoms with Crippen molar-refractivity contribution in [3.63, 3.8) is 0 Å².